The Morgan fingerprint density at radius 1 is 1.47 bits per heavy atom. The van der Waals surface area contributed by atoms with Crippen LogP contribution < -0.4 is 5.32 Å². The Kier molecular flexibility index (Phi) is 3.49. The smallest absolute Gasteiger partial charge is 0.333 e. The summed E-state index contributed by atoms with van der Waals surface area (Å²) in [4.78, 5) is 23.8. The van der Waals surface area contributed by atoms with E-state index >= 15 is 0 Å². The van der Waals surface area contributed by atoms with Crippen molar-refractivity contribution in [2.45, 2.75) is 11.8 Å². The Morgan fingerprint density at radius 3 is 3.00 bits per heavy atom. The van der Waals surface area contributed by atoms with E-state index in [2.05, 4.69) is 5.32 Å². The molecule has 0 fully saturated rings. The SMILES string of the molecule is CCOC(=O)/C=C1/Nc2ccccc2SC1=O. The summed E-state index contributed by atoms with van der Waals surface area (Å²) in [5.74, 6) is -0.511. The van der Waals surface area contributed by atoms with Crippen LogP contribution in [0.3, 0.4) is 0 Å². The molecule has 1 aliphatic heterocycles. The Bertz CT molecular complexity index is 496. The number of benzene rings is 1. The van der Waals surface area contributed by atoms with Gasteiger partial charge in [0.25, 0.3) is 0 Å². The Hall–Kier alpha value is -1.75. The second-order valence-electron chi connectivity index (χ2n) is 3.32. The largest absolute Gasteiger partial charge is 0.463 e. The zero-order valence-corrected chi connectivity index (χ0v) is 10.0. The summed E-state index contributed by atoms with van der Waals surface area (Å²) in [6.07, 6.45) is 1.19. The molecule has 88 valence electrons. The van der Waals surface area contributed by atoms with Crippen molar-refractivity contribution in [3.05, 3.63) is 36.0 Å². The van der Waals surface area contributed by atoms with Crippen LogP contribution in [0.5, 0.6) is 0 Å². The molecule has 1 aromatic carbocycles. The standard InChI is InChI=1S/C12H11NO3S/c1-2-16-11(14)7-9-12(15)17-10-6-4-3-5-8(10)13-9/h3-7,13H,2H2,1H3/b9-7+. The first-order chi connectivity index (χ1) is 8.20. The molecule has 0 saturated carbocycles. The van der Waals surface area contributed by atoms with E-state index in [0.717, 1.165) is 22.3 Å². The summed E-state index contributed by atoms with van der Waals surface area (Å²) in [7, 11) is 0. The summed E-state index contributed by atoms with van der Waals surface area (Å²) in [6.45, 7) is 2.01. The lowest BCUT2D eigenvalue weighted by Crippen LogP contribution is -2.16. The van der Waals surface area contributed by atoms with Crippen LogP contribution in [0, 0.1) is 0 Å². The molecular weight excluding hydrogens is 238 g/mol. The van der Waals surface area contributed by atoms with Gasteiger partial charge in [-0.3, -0.25) is 4.79 Å². The molecule has 0 atom stereocenters. The van der Waals surface area contributed by atoms with Gasteiger partial charge >= 0.3 is 5.97 Å². The van der Waals surface area contributed by atoms with Gasteiger partial charge in [-0.2, -0.15) is 0 Å². The average molecular weight is 249 g/mol. The van der Waals surface area contributed by atoms with Crippen molar-refractivity contribution in [3.8, 4) is 0 Å². The number of fused-ring (bicyclic) bond motifs is 1. The number of thioether (sulfide) groups is 1. The van der Waals surface area contributed by atoms with E-state index in [9.17, 15) is 9.59 Å². The topological polar surface area (TPSA) is 55.4 Å². The van der Waals surface area contributed by atoms with E-state index in [4.69, 9.17) is 4.74 Å². The molecule has 4 nitrogen and oxygen atoms in total. The zero-order chi connectivity index (χ0) is 12.3. The molecule has 1 heterocycles. The number of hydrogen-bond acceptors (Lipinski definition) is 5. The van der Waals surface area contributed by atoms with Gasteiger partial charge < -0.3 is 10.1 Å². The van der Waals surface area contributed by atoms with Crippen molar-refractivity contribution in [1.29, 1.82) is 0 Å². The fraction of sp³-hybridized carbons (Fsp3) is 0.167. The number of rotatable bonds is 2. The molecule has 0 spiro atoms. The van der Waals surface area contributed by atoms with Gasteiger partial charge in [0.2, 0.25) is 5.12 Å². The van der Waals surface area contributed by atoms with Gasteiger partial charge in [0.15, 0.2) is 0 Å². The van der Waals surface area contributed by atoms with Crippen LogP contribution in [0.25, 0.3) is 0 Å². The minimum Gasteiger partial charge on any atom is -0.463 e. The van der Waals surface area contributed by atoms with Gasteiger partial charge in [-0.1, -0.05) is 12.1 Å². The molecule has 0 aromatic heterocycles. The molecule has 17 heavy (non-hydrogen) atoms. The van der Waals surface area contributed by atoms with Gasteiger partial charge in [-0.25, -0.2) is 4.79 Å². The second kappa shape index (κ2) is 5.05. The van der Waals surface area contributed by atoms with Crippen molar-refractivity contribution >= 4 is 28.5 Å². The molecule has 1 aromatic rings. The molecule has 0 radical (unpaired) electrons. The third kappa shape index (κ3) is 2.68. The molecule has 0 saturated heterocycles. The Labute approximate surface area is 103 Å². The van der Waals surface area contributed by atoms with Crippen LogP contribution in [0.15, 0.2) is 40.9 Å². The van der Waals surface area contributed by atoms with Crippen molar-refractivity contribution in [2.24, 2.45) is 0 Å². The first kappa shape index (κ1) is 11.7. The second-order valence-corrected chi connectivity index (χ2v) is 4.34. The molecule has 5 heteroatoms. The molecule has 0 amide bonds. The predicted octanol–water partition coefficient (Wildman–Crippen LogP) is 2.18. The van der Waals surface area contributed by atoms with Gasteiger partial charge in [0.05, 0.1) is 18.4 Å². The highest BCUT2D eigenvalue weighted by Crippen LogP contribution is 2.35. The molecule has 0 aliphatic carbocycles. The fourth-order valence-corrected chi connectivity index (χ4v) is 2.20. The summed E-state index contributed by atoms with van der Waals surface area (Å²) >= 11 is 1.10. The van der Waals surface area contributed by atoms with Crippen LogP contribution in [-0.2, 0) is 14.3 Å². The van der Waals surface area contributed by atoms with Gasteiger partial charge in [0.1, 0.15) is 5.70 Å². The minimum atomic E-state index is -0.511. The summed E-state index contributed by atoms with van der Waals surface area (Å²) in [5.41, 5.74) is 1.08. The van der Waals surface area contributed by atoms with Crippen LogP contribution in [0.1, 0.15) is 6.92 Å². The third-order valence-corrected chi connectivity index (χ3v) is 3.11. The van der Waals surface area contributed by atoms with Crippen molar-refractivity contribution in [3.63, 3.8) is 0 Å². The number of anilines is 1. The molecule has 0 bridgehead atoms. The number of carbonyl (C=O) groups excluding carboxylic acids is 2. The van der Waals surface area contributed by atoms with Crippen LogP contribution in [-0.4, -0.2) is 17.7 Å². The normalized spacial score (nSPS) is 16.3. The zero-order valence-electron chi connectivity index (χ0n) is 9.23. The summed E-state index contributed by atoms with van der Waals surface area (Å²) in [5, 5.41) is 2.74. The number of ether oxygens (including phenoxy) is 1. The van der Waals surface area contributed by atoms with Crippen LogP contribution in [0.2, 0.25) is 0 Å². The van der Waals surface area contributed by atoms with Crippen molar-refractivity contribution in [2.75, 3.05) is 11.9 Å². The number of para-hydroxylation sites is 1. The highest BCUT2D eigenvalue weighted by molar-refractivity contribution is 8.14. The van der Waals surface area contributed by atoms with Gasteiger partial charge in [0, 0.05) is 4.90 Å². The van der Waals surface area contributed by atoms with Gasteiger partial charge in [-0.05, 0) is 30.8 Å². The summed E-state index contributed by atoms with van der Waals surface area (Å²) in [6, 6.07) is 7.44. The maximum absolute atomic E-state index is 11.7. The average Bonchev–Trinajstić information content (AvgIpc) is 2.30. The lowest BCUT2D eigenvalue weighted by Gasteiger charge is -2.18. The third-order valence-electron chi connectivity index (χ3n) is 2.13. The van der Waals surface area contributed by atoms with Gasteiger partial charge in [-0.15, -0.1) is 0 Å². The lowest BCUT2D eigenvalue weighted by atomic mass is 10.3. The first-order valence-corrected chi connectivity index (χ1v) is 5.99. The predicted molar refractivity (Wildman–Crippen MR) is 65.6 cm³/mol. The van der Waals surface area contributed by atoms with Crippen LogP contribution >= 0.6 is 11.8 Å². The molecule has 1 aliphatic rings. The van der Waals surface area contributed by atoms with E-state index in [1.54, 1.807) is 6.92 Å². The molecule has 0 unspecified atom stereocenters. The number of esters is 1. The van der Waals surface area contributed by atoms with Crippen molar-refractivity contribution in [1.82, 2.24) is 0 Å². The molecular formula is C12H11NO3S. The molecule has 1 N–H and O–H groups in total. The van der Waals surface area contributed by atoms with E-state index in [1.807, 2.05) is 24.3 Å². The maximum Gasteiger partial charge on any atom is 0.333 e. The first-order valence-electron chi connectivity index (χ1n) is 5.17. The highest BCUT2D eigenvalue weighted by Gasteiger charge is 2.21. The monoisotopic (exact) mass is 249 g/mol. The van der Waals surface area contributed by atoms with E-state index in [1.165, 1.54) is 6.08 Å². The number of nitrogens with one attached hydrogen (secondary N) is 1. The quantitative estimate of drug-likeness (QED) is 0.643. The number of carbonyl (C=O) groups is 2. The van der Waals surface area contributed by atoms with Crippen LogP contribution in [0.4, 0.5) is 5.69 Å². The molecule has 2 rings (SSSR count). The fourth-order valence-electron chi connectivity index (χ4n) is 1.41. The Balaban J connectivity index is 2.23. The van der Waals surface area contributed by atoms with E-state index in [-0.39, 0.29) is 10.8 Å². The highest BCUT2D eigenvalue weighted by atomic mass is 32.2. The Morgan fingerprint density at radius 2 is 2.24 bits per heavy atom. The number of hydrogen-bond donors (Lipinski definition) is 1. The summed E-state index contributed by atoms with van der Waals surface area (Å²) < 4.78 is 4.76. The van der Waals surface area contributed by atoms with Crippen molar-refractivity contribution < 1.29 is 14.3 Å². The van der Waals surface area contributed by atoms with E-state index in [0.29, 0.717) is 6.61 Å². The lowest BCUT2D eigenvalue weighted by molar-refractivity contribution is -0.137. The van der Waals surface area contributed by atoms with E-state index < -0.39 is 5.97 Å². The maximum atomic E-state index is 11.7. The minimum absolute atomic E-state index is 0.184.